The Hall–Kier alpha value is -2.30. The van der Waals surface area contributed by atoms with Crippen LogP contribution in [0.5, 0.6) is 11.5 Å². The summed E-state index contributed by atoms with van der Waals surface area (Å²) in [5.74, 6) is 0.306. The second kappa shape index (κ2) is 6.43. The number of anilines is 1. The summed E-state index contributed by atoms with van der Waals surface area (Å²) in [6.45, 7) is 1.83. The van der Waals surface area contributed by atoms with Crippen LogP contribution >= 0.6 is 0 Å². The van der Waals surface area contributed by atoms with Gasteiger partial charge < -0.3 is 14.8 Å². The van der Waals surface area contributed by atoms with Crippen LogP contribution in [0, 0.1) is 11.6 Å². The van der Waals surface area contributed by atoms with Crippen LogP contribution in [0.25, 0.3) is 0 Å². The molecule has 0 saturated heterocycles. The molecule has 1 atom stereocenters. The maximum Gasteiger partial charge on any atom is 0.146 e. The quantitative estimate of drug-likeness (QED) is 0.898. The van der Waals surface area contributed by atoms with Gasteiger partial charge in [-0.15, -0.1) is 0 Å². The molecule has 0 aliphatic carbocycles. The minimum atomic E-state index is -0.509. The van der Waals surface area contributed by atoms with Crippen LogP contribution in [-0.2, 0) is 0 Å². The Kier molecular flexibility index (Phi) is 4.62. The van der Waals surface area contributed by atoms with Crippen molar-refractivity contribution < 1.29 is 18.3 Å². The molecule has 0 aliphatic rings. The fraction of sp³-hybridized carbons (Fsp3) is 0.250. The third-order valence-corrected chi connectivity index (χ3v) is 3.20. The van der Waals surface area contributed by atoms with Gasteiger partial charge in [0.15, 0.2) is 0 Å². The number of benzene rings is 2. The molecule has 0 saturated carbocycles. The van der Waals surface area contributed by atoms with Crippen molar-refractivity contribution in [2.45, 2.75) is 13.0 Å². The van der Waals surface area contributed by atoms with Crippen molar-refractivity contribution in [3.05, 3.63) is 53.6 Å². The molecule has 21 heavy (non-hydrogen) atoms. The van der Waals surface area contributed by atoms with Crippen LogP contribution in [0.3, 0.4) is 0 Å². The predicted molar refractivity (Wildman–Crippen MR) is 77.9 cm³/mol. The molecule has 0 amide bonds. The van der Waals surface area contributed by atoms with Gasteiger partial charge in [-0.25, -0.2) is 8.78 Å². The van der Waals surface area contributed by atoms with E-state index in [9.17, 15) is 8.78 Å². The standard InChI is InChI=1S/C16H17F2NO2/c1-10(19-15-8-11(17)4-6-14(15)18)13-9-12(20-2)5-7-16(13)21-3/h4-10,19H,1-3H3. The lowest BCUT2D eigenvalue weighted by Gasteiger charge is -2.19. The topological polar surface area (TPSA) is 30.5 Å². The highest BCUT2D eigenvalue weighted by Gasteiger charge is 2.14. The number of nitrogens with one attached hydrogen (secondary N) is 1. The van der Waals surface area contributed by atoms with Gasteiger partial charge in [0.1, 0.15) is 23.1 Å². The van der Waals surface area contributed by atoms with E-state index in [0.717, 1.165) is 23.8 Å². The van der Waals surface area contributed by atoms with E-state index >= 15 is 0 Å². The van der Waals surface area contributed by atoms with Gasteiger partial charge in [0, 0.05) is 5.56 Å². The van der Waals surface area contributed by atoms with E-state index < -0.39 is 11.6 Å². The maximum atomic E-state index is 13.7. The van der Waals surface area contributed by atoms with E-state index in [0.29, 0.717) is 11.5 Å². The third-order valence-electron chi connectivity index (χ3n) is 3.20. The van der Waals surface area contributed by atoms with E-state index in [2.05, 4.69) is 5.32 Å². The van der Waals surface area contributed by atoms with Gasteiger partial charge in [0.25, 0.3) is 0 Å². The van der Waals surface area contributed by atoms with Gasteiger partial charge >= 0.3 is 0 Å². The lowest BCUT2D eigenvalue weighted by Crippen LogP contribution is -2.10. The van der Waals surface area contributed by atoms with Crippen molar-refractivity contribution in [2.24, 2.45) is 0 Å². The first-order valence-electron chi connectivity index (χ1n) is 6.48. The number of hydrogen-bond acceptors (Lipinski definition) is 3. The molecule has 2 rings (SSSR count). The molecule has 2 aromatic rings. The zero-order chi connectivity index (χ0) is 15.4. The molecule has 1 unspecified atom stereocenters. The fourth-order valence-electron chi connectivity index (χ4n) is 2.10. The van der Waals surface area contributed by atoms with Crippen LogP contribution in [-0.4, -0.2) is 14.2 Å². The Morgan fingerprint density at radius 1 is 1.00 bits per heavy atom. The summed E-state index contributed by atoms with van der Waals surface area (Å²) < 4.78 is 37.4. The maximum absolute atomic E-state index is 13.7. The van der Waals surface area contributed by atoms with Crippen molar-refractivity contribution >= 4 is 5.69 Å². The number of hydrogen-bond donors (Lipinski definition) is 1. The minimum Gasteiger partial charge on any atom is -0.497 e. The van der Waals surface area contributed by atoms with Gasteiger partial charge in [0.05, 0.1) is 25.9 Å². The molecule has 0 bridgehead atoms. The van der Waals surface area contributed by atoms with Gasteiger partial charge in [-0.3, -0.25) is 0 Å². The predicted octanol–water partition coefficient (Wildman–Crippen LogP) is 4.16. The normalized spacial score (nSPS) is 11.9. The molecule has 0 fully saturated rings. The lowest BCUT2D eigenvalue weighted by molar-refractivity contribution is 0.397. The Bertz CT molecular complexity index is 632. The molecular formula is C16H17F2NO2. The van der Waals surface area contributed by atoms with Crippen molar-refractivity contribution in [2.75, 3.05) is 19.5 Å². The highest BCUT2D eigenvalue weighted by atomic mass is 19.1. The molecule has 3 nitrogen and oxygen atoms in total. The first-order chi connectivity index (χ1) is 10.0. The second-order valence-corrected chi connectivity index (χ2v) is 4.60. The summed E-state index contributed by atoms with van der Waals surface area (Å²) in [6, 6.07) is 8.36. The number of methoxy groups -OCH3 is 2. The van der Waals surface area contributed by atoms with Crippen molar-refractivity contribution in [3.8, 4) is 11.5 Å². The third kappa shape index (κ3) is 3.42. The van der Waals surface area contributed by atoms with Crippen molar-refractivity contribution in [3.63, 3.8) is 0 Å². The first kappa shape index (κ1) is 15.1. The zero-order valence-corrected chi connectivity index (χ0v) is 12.1. The highest BCUT2D eigenvalue weighted by molar-refractivity contribution is 5.50. The average molecular weight is 293 g/mol. The number of rotatable bonds is 5. The molecule has 0 radical (unpaired) electrons. The number of halogens is 2. The first-order valence-corrected chi connectivity index (χ1v) is 6.48. The Labute approximate surface area is 122 Å². The summed E-state index contributed by atoms with van der Waals surface area (Å²) in [7, 11) is 3.12. The summed E-state index contributed by atoms with van der Waals surface area (Å²) in [4.78, 5) is 0. The van der Waals surface area contributed by atoms with E-state index in [1.807, 2.05) is 6.92 Å². The number of ether oxygens (including phenoxy) is 2. The van der Waals surface area contributed by atoms with Gasteiger partial charge in [0.2, 0.25) is 0 Å². The van der Waals surface area contributed by atoms with Crippen molar-refractivity contribution in [1.82, 2.24) is 0 Å². The summed E-state index contributed by atoms with van der Waals surface area (Å²) in [5.41, 5.74) is 0.896. The van der Waals surface area contributed by atoms with E-state index in [1.165, 1.54) is 0 Å². The molecule has 2 aromatic carbocycles. The second-order valence-electron chi connectivity index (χ2n) is 4.60. The van der Waals surface area contributed by atoms with E-state index in [1.54, 1.807) is 32.4 Å². The van der Waals surface area contributed by atoms with Gasteiger partial charge in [-0.1, -0.05) is 0 Å². The molecule has 0 aromatic heterocycles. The van der Waals surface area contributed by atoms with E-state index in [-0.39, 0.29) is 11.7 Å². The smallest absolute Gasteiger partial charge is 0.146 e. The molecule has 1 N–H and O–H groups in total. The van der Waals surface area contributed by atoms with Crippen LogP contribution in [0.1, 0.15) is 18.5 Å². The highest BCUT2D eigenvalue weighted by Crippen LogP contribution is 2.31. The molecule has 0 heterocycles. The molecular weight excluding hydrogens is 276 g/mol. The molecule has 112 valence electrons. The zero-order valence-electron chi connectivity index (χ0n) is 12.1. The lowest BCUT2D eigenvalue weighted by atomic mass is 10.1. The SMILES string of the molecule is COc1ccc(OC)c(C(C)Nc2cc(F)ccc2F)c1. The van der Waals surface area contributed by atoms with Gasteiger partial charge in [-0.05, 0) is 43.3 Å². The molecule has 0 spiro atoms. The summed E-state index contributed by atoms with van der Waals surface area (Å²) in [6.07, 6.45) is 0. The fourth-order valence-corrected chi connectivity index (χ4v) is 2.10. The molecule has 0 aliphatic heterocycles. The van der Waals surface area contributed by atoms with E-state index in [4.69, 9.17) is 9.47 Å². The summed E-state index contributed by atoms with van der Waals surface area (Å²) >= 11 is 0. The van der Waals surface area contributed by atoms with Gasteiger partial charge in [-0.2, -0.15) is 0 Å². The average Bonchev–Trinajstić information content (AvgIpc) is 2.50. The minimum absolute atomic E-state index is 0.104. The Balaban J connectivity index is 2.31. The van der Waals surface area contributed by atoms with Crippen molar-refractivity contribution in [1.29, 1.82) is 0 Å². The van der Waals surface area contributed by atoms with Crippen LogP contribution in [0.2, 0.25) is 0 Å². The summed E-state index contributed by atoms with van der Waals surface area (Å²) in [5, 5.41) is 2.94. The Morgan fingerprint density at radius 2 is 1.76 bits per heavy atom. The van der Waals surface area contributed by atoms with Crippen LogP contribution in [0.15, 0.2) is 36.4 Å². The Morgan fingerprint density at radius 3 is 2.43 bits per heavy atom. The largest absolute Gasteiger partial charge is 0.497 e. The molecule has 5 heteroatoms. The van der Waals surface area contributed by atoms with Crippen LogP contribution in [0.4, 0.5) is 14.5 Å². The monoisotopic (exact) mass is 293 g/mol. The van der Waals surface area contributed by atoms with Crippen LogP contribution < -0.4 is 14.8 Å².